The molecule has 0 radical (unpaired) electrons. The zero-order valence-electron chi connectivity index (χ0n) is 14.4. The predicted octanol–water partition coefficient (Wildman–Crippen LogP) is 2.75. The average Bonchev–Trinajstić information content (AvgIpc) is 3.16. The van der Waals surface area contributed by atoms with Crippen molar-refractivity contribution in [3.63, 3.8) is 0 Å². The molecule has 3 rings (SSSR count). The summed E-state index contributed by atoms with van der Waals surface area (Å²) in [5.74, 6) is -1.93. The smallest absolute Gasteiger partial charge is 0.279 e. The predicted molar refractivity (Wildman–Crippen MR) is 96.7 cm³/mol. The minimum absolute atomic E-state index is 0.0866. The Hall–Kier alpha value is -3.47. The zero-order chi connectivity index (χ0) is 20.3. The fourth-order valence-electron chi connectivity index (χ4n) is 2.28. The third kappa shape index (κ3) is 4.09. The molecule has 0 spiro atoms. The van der Waals surface area contributed by atoms with Gasteiger partial charge >= 0.3 is 0 Å². The van der Waals surface area contributed by atoms with Crippen LogP contribution in [0.3, 0.4) is 0 Å². The summed E-state index contributed by atoms with van der Waals surface area (Å²) in [5.41, 5.74) is -0.407. The van der Waals surface area contributed by atoms with Gasteiger partial charge < -0.3 is 10.1 Å². The second-order valence-corrected chi connectivity index (χ2v) is 7.14. The van der Waals surface area contributed by atoms with Gasteiger partial charge in [0.15, 0.2) is 5.03 Å². The van der Waals surface area contributed by atoms with Crippen LogP contribution in [0.1, 0.15) is 10.4 Å². The van der Waals surface area contributed by atoms with E-state index in [0.717, 1.165) is 24.4 Å². The summed E-state index contributed by atoms with van der Waals surface area (Å²) in [6.07, 6.45) is 0.996. The molecule has 1 heterocycles. The summed E-state index contributed by atoms with van der Waals surface area (Å²) < 4.78 is 59.1. The Balaban J connectivity index is 1.84. The van der Waals surface area contributed by atoms with E-state index in [-0.39, 0.29) is 22.7 Å². The number of benzene rings is 2. The third-order valence-electron chi connectivity index (χ3n) is 3.64. The minimum atomic E-state index is -4.24. The fourth-order valence-corrected chi connectivity index (χ4v) is 3.44. The van der Waals surface area contributed by atoms with Crippen molar-refractivity contribution < 1.29 is 26.7 Å². The molecule has 0 bridgehead atoms. The number of anilines is 2. The molecule has 28 heavy (non-hydrogen) atoms. The lowest BCUT2D eigenvalue weighted by molar-refractivity contribution is 0.102. The van der Waals surface area contributed by atoms with E-state index < -0.39 is 32.6 Å². The number of aromatic amines is 1. The van der Waals surface area contributed by atoms with Gasteiger partial charge in [-0.2, -0.15) is 13.5 Å². The summed E-state index contributed by atoms with van der Waals surface area (Å²) in [6.45, 7) is 0. The SMILES string of the molecule is COc1ccc(NC(=O)c2cn[nH]c2S(=O)(=O)Nc2ccc(F)cc2)c(F)c1. The first kappa shape index (κ1) is 19.3. The van der Waals surface area contributed by atoms with E-state index in [0.29, 0.717) is 0 Å². The molecule has 0 saturated heterocycles. The fraction of sp³-hybridized carbons (Fsp3) is 0.0588. The van der Waals surface area contributed by atoms with Crippen LogP contribution >= 0.6 is 0 Å². The molecule has 8 nitrogen and oxygen atoms in total. The Kier molecular flexibility index (Phi) is 5.27. The Labute approximate surface area is 158 Å². The van der Waals surface area contributed by atoms with E-state index in [4.69, 9.17) is 4.74 Å². The van der Waals surface area contributed by atoms with E-state index in [2.05, 4.69) is 20.2 Å². The number of amides is 1. The minimum Gasteiger partial charge on any atom is -0.497 e. The Morgan fingerprint density at radius 2 is 1.86 bits per heavy atom. The molecular formula is C17H14F2N4O4S. The van der Waals surface area contributed by atoms with E-state index in [9.17, 15) is 22.0 Å². The highest BCUT2D eigenvalue weighted by Gasteiger charge is 2.26. The van der Waals surface area contributed by atoms with Crippen LogP contribution in [0.5, 0.6) is 5.75 Å². The van der Waals surface area contributed by atoms with E-state index in [1.54, 1.807) is 0 Å². The van der Waals surface area contributed by atoms with Crippen molar-refractivity contribution in [2.45, 2.75) is 5.03 Å². The van der Waals surface area contributed by atoms with Gasteiger partial charge in [-0.1, -0.05) is 0 Å². The third-order valence-corrected chi connectivity index (χ3v) is 4.99. The van der Waals surface area contributed by atoms with Crippen molar-refractivity contribution in [3.05, 3.63) is 65.9 Å². The first-order chi connectivity index (χ1) is 13.3. The summed E-state index contributed by atoms with van der Waals surface area (Å²) in [7, 11) is -2.87. The molecule has 146 valence electrons. The van der Waals surface area contributed by atoms with Crippen LogP contribution in [-0.2, 0) is 10.0 Å². The quantitative estimate of drug-likeness (QED) is 0.581. The van der Waals surface area contributed by atoms with E-state index in [1.807, 2.05) is 0 Å². The standard InChI is InChI=1S/C17H14F2N4O4S/c1-27-12-6-7-15(14(19)8-12)21-16(24)13-9-20-22-17(13)28(25,26)23-11-4-2-10(18)3-5-11/h2-9,23H,1H3,(H,20,22)(H,21,24). The molecule has 0 atom stereocenters. The van der Waals surface area contributed by atoms with Crippen molar-refractivity contribution in [1.82, 2.24) is 10.2 Å². The zero-order valence-corrected chi connectivity index (χ0v) is 15.2. The molecule has 0 aliphatic rings. The number of halogens is 2. The Morgan fingerprint density at radius 3 is 2.50 bits per heavy atom. The monoisotopic (exact) mass is 408 g/mol. The largest absolute Gasteiger partial charge is 0.497 e. The number of nitrogens with one attached hydrogen (secondary N) is 3. The van der Waals surface area contributed by atoms with Gasteiger partial charge in [-0.3, -0.25) is 14.6 Å². The second-order valence-electron chi connectivity index (χ2n) is 5.53. The van der Waals surface area contributed by atoms with E-state index >= 15 is 0 Å². The molecule has 0 aliphatic heterocycles. The van der Waals surface area contributed by atoms with Gasteiger partial charge in [-0.25, -0.2) is 8.78 Å². The summed E-state index contributed by atoms with van der Waals surface area (Å²) >= 11 is 0. The number of nitrogens with zero attached hydrogens (tertiary/aromatic N) is 1. The number of ether oxygens (including phenoxy) is 1. The van der Waals surface area contributed by atoms with Crippen molar-refractivity contribution in [2.24, 2.45) is 0 Å². The second kappa shape index (κ2) is 7.64. The van der Waals surface area contributed by atoms with Crippen molar-refractivity contribution in [2.75, 3.05) is 17.1 Å². The van der Waals surface area contributed by atoms with Crippen molar-refractivity contribution in [3.8, 4) is 5.75 Å². The lowest BCUT2D eigenvalue weighted by Gasteiger charge is -2.10. The summed E-state index contributed by atoms with van der Waals surface area (Å²) in [4.78, 5) is 12.4. The van der Waals surface area contributed by atoms with Crippen LogP contribution in [0.15, 0.2) is 53.7 Å². The number of aromatic nitrogens is 2. The molecule has 1 amide bonds. The van der Waals surface area contributed by atoms with Gasteiger partial charge in [-0.15, -0.1) is 0 Å². The molecule has 0 saturated carbocycles. The lowest BCUT2D eigenvalue weighted by atomic mass is 10.2. The van der Waals surface area contributed by atoms with Gasteiger partial charge in [0.2, 0.25) is 0 Å². The Bertz CT molecular complexity index is 1110. The molecule has 0 fully saturated rings. The van der Waals surface area contributed by atoms with Crippen LogP contribution in [0.2, 0.25) is 0 Å². The highest BCUT2D eigenvalue weighted by Crippen LogP contribution is 2.23. The van der Waals surface area contributed by atoms with E-state index in [1.165, 1.54) is 31.4 Å². The van der Waals surface area contributed by atoms with Crippen LogP contribution in [0.4, 0.5) is 20.2 Å². The van der Waals surface area contributed by atoms with Crippen LogP contribution in [0, 0.1) is 11.6 Å². The molecule has 2 aromatic carbocycles. The number of rotatable bonds is 6. The van der Waals surface area contributed by atoms with Crippen molar-refractivity contribution >= 4 is 27.3 Å². The topological polar surface area (TPSA) is 113 Å². The van der Waals surface area contributed by atoms with Gasteiger partial charge in [0.25, 0.3) is 15.9 Å². The first-order valence-electron chi connectivity index (χ1n) is 7.77. The maximum absolute atomic E-state index is 14.0. The number of carbonyl (C=O) groups is 1. The number of methoxy groups -OCH3 is 1. The van der Waals surface area contributed by atoms with Gasteiger partial charge in [0.1, 0.15) is 17.4 Å². The van der Waals surface area contributed by atoms with Gasteiger partial charge in [0, 0.05) is 11.8 Å². The summed E-state index contributed by atoms with van der Waals surface area (Å²) in [6, 6.07) is 8.36. The van der Waals surface area contributed by atoms with Crippen molar-refractivity contribution in [1.29, 1.82) is 0 Å². The lowest BCUT2D eigenvalue weighted by Crippen LogP contribution is -2.20. The number of H-pyrrole nitrogens is 1. The molecule has 11 heteroatoms. The Morgan fingerprint density at radius 1 is 1.14 bits per heavy atom. The first-order valence-corrected chi connectivity index (χ1v) is 9.25. The molecule has 0 aliphatic carbocycles. The highest BCUT2D eigenvalue weighted by atomic mass is 32.2. The van der Waals surface area contributed by atoms with Crippen LogP contribution in [0.25, 0.3) is 0 Å². The molecule has 3 aromatic rings. The number of sulfonamides is 1. The van der Waals surface area contributed by atoms with Crippen LogP contribution < -0.4 is 14.8 Å². The normalized spacial score (nSPS) is 11.1. The molecule has 1 aromatic heterocycles. The number of hydrogen-bond donors (Lipinski definition) is 3. The van der Waals surface area contributed by atoms with Gasteiger partial charge in [0.05, 0.1) is 24.6 Å². The molecule has 0 unspecified atom stereocenters. The average molecular weight is 408 g/mol. The molecular weight excluding hydrogens is 394 g/mol. The summed E-state index contributed by atoms with van der Waals surface area (Å²) in [5, 5.41) is 7.56. The number of carbonyl (C=O) groups excluding carboxylic acids is 1. The van der Waals surface area contributed by atoms with Crippen LogP contribution in [-0.4, -0.2) is 31.6 Å². The van der Waals surface area contributed by atoms with Gasteiger partial charge in [-0.05, 0) is 36.4 Å². The highest BCUT2D eigenvalue weighted by molar-refractivity contribution is 7.92. The molecule has 3 N–H and O–H groups in total. The maximum Gasteiger partial charge on any atom is 0.279 e. The maximum atomic E-state index is 14.0. The number of hydrogen-bond acceptors (Lipinski definition) is 5.